The molecule has 2 aromatic rings. The molecule has 0 bridgehead atoms. The molecule has 0 saturated heterocycles. The van der Waals surface area contributed by atoms with Crippen LogP contribution >= 0.6 is 0 Å². The van der Waals surface area contributed by atoms with E-state index in [1.165, 1.54) is 5.56 Å². The van der Waals surface area contributed by atoms with Gasteiger partial charge in [0.1, 0.15) is 5.82 Å². The normalized spacial score (nSPS) is 14.4. The largest absolute Gasteiger partial charge is 0.490 e. The lowest BCUT2D eigenvalue weighted by atomic mass is 10.0. The molecule has 2 heterocycles. The fourth-order valence-corrected chi connectivity index (χ4v) is 2.49. The van der Waals surface area contributed by atoms with Crippen molar-refractivity contribution in [1.29, 1.82) is 0 Å². The molecule has 1 aliphatic rings. The monoisotopic (exact) mass is 272 g/mol. The Morgan fingerprint density at radius 2 is 1.80 bits per heavy atom. The predicted molar refractivity (Wildman–Crippen MR) is 81.0 cm³/mol. The van der Waals surface area contributed by atoms with E-state index in [1.54, 1.807) is 0 Å². The molecular formula is C16H20N2O2. The molecule has 0 fully saturated rings. The highest BCUT2D eigenvalue weighted by Crippen LogP contribution is 2.36. The van der Waals surface area contributed by atoms with Gasteiger partial charge in [0.05, 0.1) is 18.7 Å². The molecule has 106 valence electrons. The van der Waals surface area contributed by atoms with Crippen LogP contribution in [-0.2, 0) is 0 Å². The SMILES string of the molecule is CNc1nc2cc3c(cc2cc1C(C)C)OCCCO3. The van der Waals surface area contributed by atoms with Gasteiger partial charge in [-0.3, -0.25) is 0 Å². The third kappa shape index (κ3) is 2.26. The average Bonchev–Trinajstić information content (AvgIpc) is 2.67. The van der Waals surface area contributed by atoms with Gasteiger partial charge in [0.15, 0.2) is 11.5 Å². The highest BCUT2D eigenvalue weighted by Gasteiger charge is 2.15. The number of fused-ring (bicyclic) bond motifs is 2. The molecule has 1 aromatic carbocycles. The number of aromatic nitrogens is 1. The van der Waals surface area contributed by atoms with Crippen LogP contribution in [0.25, 0.3) is 10.9 Å². The van der Waals surface area contributed by atoms with Crippen molar-refractivity contribution < 1.29 is 9.47 Å². The van der Waals surface area contributed by atoms with E-state index in [2.05, 4.69) is 25.2 Å². The zero-order chi connectivity index (χ0) is 14.1. The third-order valence-corrected chi connectivity index (χ3v) is 3.57. The number of nitrogens with zero attached hydrogens (tertiary/aromatic N) is 1. The maximum Gasteiger partial charge on any atom is 0.163 e. The number of rotatable bonds is 2. The average molecular weight is 272 g/mol. The lowest BCUT2D eigenvalue weighted by Gasteiger charge is -2.14. The molecular weight excluding hydrogens is 252 g/mol. The van der Waals surface area contributed by atoms with Gasteiger partial charge in [-0.05, 0) is 23.6 Å². The maximum atomic E-state index is 5.75. The first-order chi connectivity index (χ1) is 9.69. The molecule has 1 aliphatic heterocycles. The summed E-state index contributed by atoms with van der Waals surface area (Å²) in [6.07, 6.45) is 0.914. The van der Waals surface area contributed by atoms with Gasteiger partial charge in [-0.25, -0.2) is 4.98 Å². The van der Waals surface area contributed by atoms with Gasteiger partial charge in [-0.15, -0.1) is 0 Å². The van der Waals surface area contributed by atoms with Crippen molar-refractivity contribution in [2.75, 3.05) is 25.6 Å². The Balaban J connectivity index is 2.18. The van der Waals surface area contributed by atoms with Gasteiger partial charge >= 0.3 is 0 Å². The standard InChI is InChI=1S/C16H20N2O2/c1-10(2)12-7-11-8-14-15(20-6-4-5-19-14)9-13(11)18-16(12)17-3/h7-10H,4-6H2,1-3H3,(H,17,18). The molecule has 0 radical (unpaired) electrons. The van der Waals surface area contributed by atoms with Crippen molar-refractivity contribution in [1.82, 2.24) is 4.98 Å². The highest BCUT2D eigenvalue weighted by atomic mass is 16.5. The molecule has 4 nitrogen and oxygen atoms in total. The predicted octanol–water partition coefficient (Wildman–Crippen LogP) is 3.56. The maximum absolute atomic E-state index is 5.75. The van der Waals surface area contributed by atoms with Gasteiger partial charge in [0.2, 0.25) is 0 Å². The van der Waals surface area contributed by atoms with Crippen molar-refractivity contribution >= 4 is 16.7 Å². The lowest BCUT2D eigenvalue weighted by Crippen LogP contribution is -2.01. The van der Waals surface area contributed by atoms with E-state index < -0.39 is 0 Å². The lowest BCUT2D eigenvalue weighted by molar-refractivity contribution is 0.297. The summed E-state index contributed by atoms with van der Waals surface area (Å²) >= 11 is 0. The third-order valence-electron chi connectivity index (χ3n) is 3.57. The summed E-state index contributed by atoms with van der Waals surface area (Å²) in [4.78, 5) is 4.71. The van der Waals surface area contributed by atoms with Crippen molar-refractivity contribution in [2.45, 2.75) is 26.2 Å². The summed E-state index contributed by atoms with van der Waals surface area (Å²) < 4.78 is 11.5. The molecule has 0 amide bonds. The van der Waals surface area contributed by atoms with Crippen LogP contribution in [0.1, 0.15) is 31.7 Å². The first kappa shape index (κ1) is 13.0. The summed E-state index contributed by atoms with van der Waals surface area (Å²) in [6, 6.07) is 6.20. The molecule has 4 heteroatoms. The van der Waals surface area contributed by atoms with Gasteiger partial charge < -0.3 is 14.8 Å². The second kappa shape index (κ2) is 5.19. The van der Waals surface area contributed by atoms with Crippen molar-refractivity contribution in [2.24, 2.45) is 0 Å². The number of benzene rings is 1. The molecule has 0 atom stereocenters. The minimum absolute atomic E-state index is 0.422. The van der Waals surface area contributed by atoms with E-state index in [1.807, 2.05) is 19.2 Å². The first-order valence-corrected chi connectivity index (χ1v) is 7.11. The summed E-state index contributed by atoms with van der Waals surface area (Å²) in [7, 11) is 1.91. The molecule has 3 rings (SSSR count). The second-order valence-corrected chi connectivity index (χ2v) is 5.37. The fourth-order valence-electron chi connectivity index (χ4n) is 2.49. The smallest absolute Gasteiger partial charge is 0.163 e. The Hall–Kier alpha value is -1.97. The van der Waals surface area contributed by atoms with Crippen LogP contribution in [0.3, 0.4) is 0 Å². The van der Waals surface area contributed by atoms with Crippen LogP contribution in [0.2, 0.25) is 0 Å². The van der Waals surface area contributed by atoms with Crippen molar-refractivity contribution in [3.63, 3.8) is 0 Å². The van der Waals surface area contributed by atoms with E-state index in [0.717, 1.165) is 34.6 Å². The molecule has 1 aromatic heterocycles. The van der Waals surface area contributed by atoms with Crippen molar-refractivity contribution in [3.8, 4) is 11.5 Å². The minimum Gasteiger partial charge on any atom is -0.490 e. The Morgan fingerprint density at radius 3 is 2.45 bits per heavy atom. The first-order valence-electron chi connectivity index (χ1n) is 7.11. The Bertz CT molecular complexity index is 638. The zero-order valence-electron chi connectivity index (χ0n) is 12.2. The number of ether oxygens (including phenoxy) is 2. The summed E-state index contributed by atoms with van der Waals surface area (Å²) in [6.45, 7) is 5.75. The van der Waals surface area contributed by atoms with Gasteiger partial charge in [-0.1, -0.05) is 13.8 Å². The summed E-state index contributed by atoms with van der Waals surface area (Å²) in [5.74, 6) is 2.97. The van der Waals surface area contributed by atoms with Crippen LogP contribution in [0.5, 0.6) is 11.5 Å². The molecule has 0 unspecified atom stereocenters. The zero-order valence-corrected chi connectivity index (χ0v) is 12.2. The molecule has 0 aliphatic carbocycles. The Morgan fingerprint density at radius 1 is 1.10 bits per heavy atom. The number of hydrogen-bond donors (Lipinski definition) is 1. The van der Waals surface area contributed by atoms with Gasteiger partial charge in [0.25, 0.3) is 0 Å². The number of nitrogens with one attached hydrogen (secondary N) is 1. The molecule has 1 N–H and O–H groups in total. The number of hydrogen-bond acceptors (Lipinski definition) is 4. The summed E-state index contributed by atoms with van der Waals surface area (Å²) in [5, 5.41) is 4.27. The molecule has 0 saturated carbocycles. The van der Waals surface area contributed by atoms with E-state index in [-0.39, 0.29) is 0 Å². The summed E-state index contributed by atoms with van der Waals surface area (Å²) in [5.41, 5.74) is 2.15. The topological polar surface area (TPSA) is 43.4 Å². The van der Waals surface area contributed by atoms with Gasteiger partial charge in [-0.2, -0.15) is 0 Å². The van der Waals surface area contributed by atoms with E-state index in [4.69, 9.17) is 14.5 Å². The second-order valence-electron chi connectivity index (χ2n) is 5.37. The molecule has 20 heavy (non-hydrogen) atoms. The van der Waals surface area contributed by atoms with E-state index in [9.17, 15) is 0 Å². The van der Waals surface area contributed by atoms with Crippen LogP contribution < -0.4 is 14.8 Å². The van der Waals surface area contributed by atoms with Crippen LogP contribution in [0.4, 0.5) is 5.82 Å². The van der Waals surface area contributed by atoms with E-state index in [0.29, 0.717) is 19.1 Å². The van der Waals surface area contributed by atoms with Crippen molar-refractivity contribution in [3.05, 3.63) is 23.8 Å². The Labute approximate surface area is 119 Å². The fraction of sp³-hybridized carbons (Fsp3) is 0.438. The van der Waals surface area contributed by atoms with E-state index >= 15 is 0 Å². The Kier molecular flexibility index (Phi) is 3.38. The highest BCUT2D eigenvalue weighted by molar-refractivity contribution is 5.85. The van der Waals surface area contributed by atoms with Gasteiger partial charge in [0, 0.05) is 24.9 Å². The van der Waals surface area contributed by atoms with Crippen LogP contribution in [-0.4, -0.2) is 25.2 Å². The van der Waals surface area contributed by atoms with Crippen LogP contribution in [0.15, 0.2) is 18.2 Å². The molecule has 0 spiro atoms. The minimum atomic E-state index is 0.422. The number of anilines is 1. The van der Waals surface area contributed by atoms with Crippen LogP contribution in [0, 0.1) is 0 Å². The number of pyridine rings is 1. The quantitative estimate of drug-likeness (QED) is 0.907.